The van der Waals surface area contributed by atoms with Crippen molar-refractivity contribution in [3.05, 3.63) is 71.6 Å². The van der Waals surface area contributed by atoms with Crippen molar-refractivity contribution in [2.75, 3.05) is 7.11 Å². The predicted octanol–water partition coefficient (Wildman–Crippen LogP) is 4.64. The largest absolute Gasteiger partial charge is 0.504 e. The number of methoxy groups -OCH3 is 1. The van der Waals surface area contributed by atoms with E-state index in [1.807, 2.05) is 24.3 Å². The van der Waals surface area contributed by atoms with E-state index in [-0.39, 0.29) is 5.75 Å². The van der Waals surface area contributed by atoms with E-state index in [0.717, 1.165) is 11.3 Å². The first kappa shape index (κ1) is 18.0. The predicted molar refractivity (Wildman–Crippen MR) is 107 cm³/mol. The summed E-state index contributed by atoms with van der Waals surface area (Å²) < 4.78 is 10.9. The molecular formula is C21H16ClN3O3. The smallest absolute Gasteiger partial charge is 0.162 e. The van der Waals surface area contributed by atoms with Crippen LogP contribution in [0.25, 0.3) is 22.3 Å². The van der Waals surface area contributed by atoms with Gasteiger partial charge in [0.15, 0.2) is 17.3 Å². The summed E-state index contributed by atoms with van der Waals surface area (Å²) in [6, 6.07) is 14.3. The molecule has 0 amide bonds. The molecule has 2 aromatic carbocycles. The van der Waals surface area contributed by atoms with Gasteiger partial charge >= 0.3 is 0 Å². The van der Waals surface area contributed by atoms with Crippen LogP contribution in [0.3, 0.4) is 0 Å². The van der Waals surface area contributed by atoms with Gasteiger partial charge in [0.1, 0.15) is 12.4 Å². The maximum atomic E-state index is 9.88. The summed E-state index contributed by atoms with van der Waals surface area (Å²) in [4.78, 5) is 13.1. The number of ether oxygens (including phenoxy) is 2. The molecule has 6 nitrogen and oxygen atoms in total. The number of aromatic nitrogens is 3. The van der Waals surface area contributed by atoms with Crippen molar-refractivity contribution in [1.82, 2.24) is 15.0 Å². The average Bonchev–Trinajstić information content (AvgIpc) is 2.72. The summed E-state index contributed by atoms with van der Waals surface area (Å²) in [7, 11) is 1.49. The Morgan fingerprint density at radius 2 is 1.93 bits per heavy atom. The molecule has 28 heavy (non-hydrogen) atoms. The van der Waals surface area contributed by atoms with E-state index in [4.69, 9.17) is 21.1 Å². The van der Waals surface area contributed by atoms with Crippen LogP contribution in [-0.4, -0.2) is 27.2 Å². The number of phenolic OH excluding ortho intramolecular Hbond substituents is 1. The van der Waals surface area contributed by atoms with Crippen LogP contribution in [0.4, 0.5) is 0 Å². The number of pyridine rings is 1. The molecule has 0 aliphatic carbocycles. The van der Waals surface area contributed by atoms with E-state index in [9.17, 15) is 5.11 Å². The molecule has 0 aliphatic rings. The third-order valence-corrected chi connectivity index (χ3v) is 4.47. The average molecular weight is 394 g/mol. The first-order chi connectivity index (χ1) is 13.6. The third-order valence-electron chi connectivity index (χ3n) is 4.17. The van der Waals surface area contributed by atoms with Crippen LogP contribution in [-0.2, 0) is 6.61 Å². The minimum Gasteiger partial charge on any atom is -0.504 e. The topological polar surface area (TPSA) is 77.4 Å². The number of fused-ring (bicyclic) bond motifs is 1. The van der Waals surface area contributed by atoms with Crippen molar-refractivity contribution in [2.24, 2.45) is 0 Å². The van der Waals surface area contributed by atoms with E-state index < -0.39 is 0 Å². The Hall–Kier alpha value is -3.38. The zero-order chi connectivity index (χ0) is 19.5. The Labute approximate surface area is 166 Å². The second-order valence-electron chi connectivity index (χ2n) is 6.03. The summed E-state index contributed by atoms with van der Waals surface area (Å²) >= 11 is 6.38. The molecule has 0 unspecified atom stereocenters. The van der Waals surface area contributed by atoms with Gasteiger partial charge in [-0.3, -0.25) is 4.98 Å². The number of rotatable bonds is 5. The van der Waals surface area contributed by atoms with Crippen molar-refractivity contribution in [1.29, 1.82) is 0 Å². The van der Waals surface area contributed by atoms with Gasteiger partial charge in [0.25, 0.3) is 0 Å². The molecule has 0 saturated heterocycles. The molecule has 0 atom stereocenters. The minimum absolute atomic E-state index is 0.0452. The molecule has 0 spiro atoms. The van der Waals surface area contributed by atoms with Crippen molar-refractivity contribution in [3.8, 4) is 28.6 Å². The maximum Gasteiger partial charge on any atom is 0.162 e. The van der Waals surface area contributed by atoms with Crippen molar-refractivity contribution in [3.63, 3.8) is 0 Å². The normalized spacial score (nSPS) is 10.8. The molecule has 2 heterocycles. The van der Waals surface area contributed by atoms with Gasteiger partial charge in [-0.2, -0.15) is 0 Å². The molecular weight excluding hydrogens is 378 g/mol. The van der Waals surface area contributed by atoms with Crippen molar-refractivity contribution in [2.45, 2.75) is 6.61 Å². The third kappa shape index (κ3) is 3.68. The highest BCUT2D eigenvalue weighted by Gasteiger charge is 2.10. The van der Waals surface area contributed by atoms with Crippen molar-refractivity contribution < 1.29 is 14.6 Å². The standard InChI is InChI=1S/C21H16ClN3O3/c1-27-20-10-17-14(9-18(20)26)11-24-21(25-17)13-5-6-19(16(22)8-13)28-12-15-4-2-3-7-23-15/h2-11,26H,12H2,1H3. The van der Waals surface area contributed by atoms with Gasteiger partial charge in [-0.1, -0.05) is 17.7 Å². The van der Waals surface area contributed by atoms with Crippen LogP contribution in [0, 0.1) is 0 Å². The second-order valence-corrected chi connectivity index (χ2v) is 6.44. The first-order valence-corrected chi connectivity index (χ1v) is 8.88. The van der Waals surface area contributed by atoms with Crippen LogP contribution >= 0.6 is 11.6 Å². The Bertz CT molecular complexity index is 1140. The lowest BCUT2D eigenvalue weighted by Crippen LogP contribution is -1.98. The monoisotopic (exact) mass is 393 g/mol. The highest BCUT2D eigenvalue weighted by atomic mass is 35.5. The molecule has 0 bridgehead atoms. The van der Waals surface area contributed by atoms with Crippen LogP contribution in [0.5, 0.6) is 17.2 Å². The quantitative estimate of drug-likeness (QED) is 0.532. The number of phenols is 1. The van der Waals surface area contributed by atoms with E-state index in [0.29, 0.717) is 39.9 Å². The molecule has 0 fully saturated rings. The van der Waals surface area contributed by atoms with E-state index in [1.165, 1.54) is 7.11 Å². The van der Waals surface area contributed by atoms with E-state index in [1.54, 1.807) is 36.7 Å². The minimum atomic E-state index is 0.0452. The number of nitrogens with zero attached hydrogens (tertiary/aromatic N) is 3. The zero-order valence-electron chi connectivity index (χ0n) is 15.0. The van der Waals surface area contributed by atoms with Gasteiger partial charge in [-0.05, 0) is 36.4 Å². The molecule has 4 aromatic rings. The van der Waals surface area contributed by atoms with Crippen LogP contribution in [0.1, 0.15) is 5.69 Å². The number of aromatic hydroxyl groups is 1. The number of hydrogen-bond donors (Lipinski definition) is 1. The number of hydrogen-bond acceptors (Lipinski definition) is 6. The molecule has 2 aromatic heterocycles. The molecule has 7 heteroatoms. The Morgan fingerprint density at radius 3 is 2.68 bits per heavy atom. The van der Waals surface area contributed by atoms with E-state index >= 15 is 0 Å². The maximum absolute atomic E-state index is 9.88. The molecule has 0 radical (unpaired) electrons. The lowest BCUT2D eigenvalue weighted by atomic mass is 10.1. The summed E-state index contributed by atoms with van der Waals surface area (Å²) in [5.41, 5.74) is 2.23. The molecule has 0 aliphatic heterocycles. The molecule has 1 N–H and O–H groups in total. The fourth-order valence-electron chi connectivity index (χ4n) is 2.74. The van der Waals surface area contributed by atoms with Gasteiger partial charge in [0.05, 0.1) is 23.3 Å². The lowest BCUT2D eigenvalue weighted by Gasteiger charge is -2.10. The Balaban J connectivity index is 1.60. The van der Waals surface area contributed by atoms with Gasteiger partial charge in [-0.15, -0.1) is 0 Å². The van der Waals surface area contributed by atoms with Gasteiger partial charge in [0, 0.05) is 29.4 Å². The highest BCUT2D eigenvalue weighted by molar-refractivity contribution is 6.32. The summed E-state index contributed by atoms with van der Waals surface area (Å²) in [6.07, 6.45) is 3.37. The Morgan fingerprint density at radius 1 is 1.04 bits per heavy atom. The molecule has 140 valence electrons. The van der Waals surface area contributed by atoms with Crippen LogP contribution in [0.15, 0.2) is 60.9 Å². The van der Waals surface area contributed by atoms with E-state index in [2.05, 4.69) is 15.0 Å². The number of benzene rings is 2. The molecule has 4 rings (SSSR count). The lowest BCUT2D eigenvalue weighted by molar-refractivity contribution is 0.301. The second kappa shape index (κ2) is 7.70. The summed E-state index contributed by atoms with van der Waals surface area (Å²) in [5, 5.41) is 11.0. The summed E-state index contributed by atoms with van der Waals surface area (Å²) in [6.45, 7) is 0.329. The van der Waals surface area contributed by atoms with Crippen LogP contribution < -0.4 is 9.47 Å². The highest BCUT2D eigenvalue weighted by Crippen LogP contribution is 2.33. The Kier molecular flexibility index (Phi) is 4.95. The SMILES string of the molecule is COc1cc2nc(-c3ccc(OCc4ccccn4)c(Cl)c3)ncc2cc1O. The zero-order valence-corrected chi connectivity index (χ0v) is 15.7. The summed E-state index contributed by atoms with van der Waals surface area (Å²) in [5.74, 6) is 1.47. The fraction of sp³-hybridized carbons (Fsp3) is 0.0952. The van der Waals surface area contributed by atoms with Crippen LogP contribution in [0.2, 0.25) is 5.02 Å². The van der Waals surface area contributed by atoms with Gasteiger partial charge in [-0.25, -0.2) is 9.97 Å². The molecule has 0 saturated carbocycles. The van der Waals surface area contributed by atoms with Gasteiger partial charge < -0.3 is 14.6 Å². The fourth-order valence-corrected chi connectivity index (χ4v) is 2.98. The number of halogens is 1. The first-order valence-electron chi connectivity index (χ1n) is 8.50. The van der Waals surface area contributed by atoms with Crippen molar-refractivity contribution >= 4 is 22.5 Å². The van der Waals surface area contributed by atoms with Gasteiger partial charge in [0.2, 0.25) is 0 Å².